The molecular weight excluding hydrogens is 308 g/mol. The Hall–Kier alpha value is -0.0300. The first-order valence-corrected chi connectivity index (χ1v) is 8.34. The SMILES string of the molecule is Cc1ccc(C(CN)N(C)C2CCSC2)c(Br)c1. The molecule has 4 heteroatoms. The average molecular weight is 329 g/mol. The van der Waals surface area contributed by atoms with E-state index < -0.39 is 0 Å². The summed E-state index contributed by atoms with van der Waals surface area (Å²) in [7, 11) is 2.21. The van der Waals surface area contributed by atoms with Crippen molar-refractivity contribution < 1.29 is 0 Å². The molecule has 100 valence electrons. The normalized spacial score (nSPS) is 21.5. The fourth-order valence-electron chi connectivity index (χ4n) is 2.51. The number of rotatable bonds is 4. The van der Waals surface area contributed by atoms with Crippen LogP contribution in [0.1, 0.15) is 23.6 Å². The molecule has 0 spiro atoms. The second-order valence-electron chi connectivity index (χ2n) is 4.96. The van der Waals surface area contributed by atoms with Crippen molar-refractivity contribution in [2.24, 2.45) is 5.73 Å². The number of nitrogens with two attached hydrogens (primary N) is 1. The molecular formula is C14H21BrN2S. The minimum atomic E-state index is 0.309. The van der Waals surface area contributed by atoms with Gasteiger partial charge in [0.1, 0.15) is 0 Å². The topological polar surface area (TPSA) is 29.3 Å². The Labute approximate surface area is 122 Å². The molecule has 0 saturated carbocycles. The van der Waals surface area contributed by atoms with E-state index in [1.165, 1.54) is 33.5 Å². The highest BCUT2D eigenvalue weighted by Gasteiger charge is 2.27. The number of aryl methyl sites for hydroxylation is 1. The van der Waals surface area contributed by atoms with Crippen molar-refractivity contribution in [2.45, 2.75) is 25.4 Å². The van der Waals surface area contributed by atoms with Crippen LogP contribution in [0.4, 0.5) is 0 Å². The van der Waals surface area contributed by atoms with Gasteiger partial charge in [0, 0.05) is 28.9 Å². The van der Waals surface area contributed by atoms with Gasteiger partial charge in [-0.25, -0.2) is 0 Å². The Bertz CT molecular complexity index is 405. The summed E-state index contributed by atoms with van der Waals surface area (Å²) in [6, 6.07) is 7.52. The van der Waals surface area contributed by atoms with Crippen molar-refractivity contribution in [1.82, 2.24) is 4.90 Å². The lowest BCUT2D eigenvalue weighted by molar-refractivity contribution is 0.192. The lowest BCUT2D eigenvalue weighted by Gasteiger charge is -2.33. The van der Waals surface area contributed by atoms with Crippen molar-refractivity contribution in [3.63, 3.8) is 0 Å². The first-order chi connectivity index (χ1) is 8.63. The number of hydrogen-bond donors (Lipinski definition) is 1. The zero-order valence-corrected chi connectivity index (χ0v) is 13.4. The lowest BCUT2D eigenvalue weighted by Crippen LogP contribution is -2.38. The number of benzene rings is 1. The van der Waals surface area contributed by atoms with Crippen LogP contribution in [0.25, 0.3) is 0 Å². The summed E-state index contributed by atoms with van der Waals surface area (Å²) in [6.07, 6.45) is 1.28. The predicted molar refractivity (Wildman–Crippen MR) is 84.2 cm³/mol. The number of likely N-dealkylation sites (N-methyl/N-ethyl adjacent to an activating group) is 1. The average Bonchev–Trinajstić information content (AvgIpc) is 2.86. The van der Waals surface area contributed by atoms with E-state index in [0.29, 0.717) is 18.6 Å². The maximum atomic E-state index is 6.01. The van der Waals surface area contributed by atoms with Crippen LogP contribution in [0.2, 0.25) is 0 Å². The molecule has 0 bridgehead atoms. The van der Waals surface area contributed by atoms with Crippen LogP contribution in [0.5, 0.6) is 0 Å². The van der Waals surface area contributed by atoms with Crippen molar-refractivity contribution in [3.8, 4) is 0 Å². The highest BCUT2D eigenvalue weighted by atomic mass is 79.9. The Morgan fingerprint density at radius 2 is 2.33 bits per heavy atom. The zero-order valence-electron chi connectivity index (χ0n) is 11.0. The molecule has 0 aliphatic carbocycles. The summed E-state index contributed by atoms with van der Waals surface area (Å²) >= 11 is 5.72. The van der Waals surface area contributed by atoms with Gasteiger partial charge >= 0.3 is 0 Å². The third kappa shape index (κ3) is 3.10. The summed E-state index contributed by atoms with van der Waals surface area (Å²) in [5.41, 5.74) is 8.60. The van der Waals surface area contributed by atoms with Crippen LogP contribution in [0.3, 0.4) is 0 Å². The maximum Gasteiger partial charge on any atom is 0.0481 e. The number of halogens is 1. The molecule has 1 aromatic carbocycles. The number of nitrogens with zero attached hydrogens (tertiary/aromatic N) is 1. The summed E-state index contributed by atoms with van der Waals surface area (Å²) in [6.45, 7) is 2.78. The van der Waals surface area contributed by atoms with Gasteiger partial charge < -0.3 is 5.73 Å². The highest BCUT2D eigenvalue weighted by Crippen LogP contribution is 2.32. The van der Waals surface area contributed by atoms with E-state index in [4.69, 9.17) is 5.73 Å². The largest absolute Gasteiger partial charge is 0.329 e. The van der Waals surface area contributed by atoms with E-state index in [-0.39, 0.29) is 0 Å². The maximum absolute atomic E-state index is 6.01. The van der Waals surface area contributed by atoms with Gasteiger partial charge in [-0.15, -0.1) is 0 Å². The molecule has 2 unspecified atom stereocenters. The Morgan fingerprint density at radius 1 is 1.56 bits per heavy atom. The third-order valence-corrected chi connectivity index (χ3v) is 5.54. The smallest absolute Gasteiger partial charge is 0.0481 e. The minimum Gasteiger partial charge on any atom is -0.329 e. The van der Waals surface area contributed by atoms with Crippen LogP contribution >= 0.6 is 27.7 Å². The molecule has 2 nitrogen and oxygen atoms in total. The van der Waals surface area contributed by atoms with Crippen LogP contribution < -0.4 is 5.73 Å². The van der Waals surface area contributed by atoms with E-state index in [1.807, 2.05) is 11.8 Å². The molecule has 1 aromatic rings. The first kappa shape index (κ1) is 14.4. The minimum absolute atomic E-state index is 0.309. The number of thioether (sulfide) groups is 1. The molecule has 0 amide bonds. The van der Waals surface area contributed by atoms with E-state index in [2.05, 4.69) is 53.0 Å². The van der Waals surface area contributed by atoms with Crippen molar-refractivity contribution in [3.05, 3.63) is 33.8 Å². The van der Waals surface area contributed by atoms with Crippen molar-refractivity contribution in [1.29, 1.82) is 0 Å². The second-order valence-corrected chi connectivity index (χ2v) is 6.96. The molecule has 1 saturated heterocycles. The summed E-state index contributed by atoms with van der Waals surface area (Å²) in [5.74, 6) is 2.51. The molecule has 1 aliphatic heterocycles. The molecule has 1 heterocycles. The Balaban J connectivity index is 2.21. The van der Waals surface area contributed by atoms with E-state index >= 15 is 0 Å². The monoisotopic (exact) mass is 328 g/mol. The summed E-state index contributed by atoms with van der Waals surface area (Å²) in [5, 5.41) is 0. The second kappa shape index (κ2) is 6.42. The third-order valence-electron chi connectivity index (χ3n) is 3.71. The molecule has 1 fully saturated rings. The molecule has 2 atom stereocenters. The molecule has 0 radical (unpaired) electrons. The van der Waals surface area contributed by atoms with Gasteiger partial charge in [-0.05, 0) is 43.3 Å². The number of hydrogen-bond acceptors (Lipinski definition) is 3. The van der Waals surface area contributed by atoms with E-state index in [9.17, 15) is 0 Å². The van der Waals surface area contributed by atoms with Crippen molar-refractivity contribution >= 4 is 27.7 Å². The Kier molecular flexibility index (Phi) is 5.13. The fourth-order valence-corrected chi connectivity index (χ4v) is 4.55. The molecule has 18 heavy (non-hydrogen) atoms. The molecule has 0 aromatic heterocycles. The van der Waals surface area contributed by atoms with E-state index in [1.54, 1.807) is 0 Å². The molecule has 2 N–H and O–H groups in total. The lowest BCUT2D eigenvalue weighted by atomic mass is 10.0. The van der Waals surface area contributed by atoms with Crippen molar-refractivity contribution in [2.75, 3.05) is 25.1 Å². The summed E-state index contributed by atoms with van der Waals surface area (Å²) < 4.78 is 1.18. The first-order valence-electron chi connectivity index (χ1n) is 6.39. The van der Waals surface area contributed by atoms with Crippen LogP contribution in [0, 0.1) is 6.92 Å². The zero-order chi connectivity index (χ0) is 13.1. The standard InChI is InChI=1S/C14H21BrN2S/c1-10-3-4-12(13(15)7-10)14(8-16)17(2)11-5-6-18-9-11/h3-4,7,11,14H,5-6,8-9,16H2,1-2H3. The van der Waals surface area contributed by atoms with Gasteiger partial charge in [0.15, 0.2) is 0 Å². The fraction of sp³-hybridized carbons (Fsp3) is 0.571. The van der Waals surface area contributed by atoms with Crippen LogP contribution in [-0.2, 0) is 0 Å². The highest BCUT2D eigenvalue weighted by molar-refractivity contribution is 9.10. The van der Waals surface area contributed by atoms with Crippen LogP contribution in [0.15, 0.2) is 22.7 Å². The van der Waals surface area contributed by atoms with Gasteiger partial charge in [0.05, 0.1) is 0 Å². The Morgan fingerprint density at radius 3 is 2.89 bits per heavy atom. The predicted octanol–water partition coefficient (Wildman–Crippen LogP) is 3.19. The summed E-state index contributed by atoms with van der Waals surface area (Å²) in [4.78, 5) is 2.45. The quantitative estimate of drug-likeness (QED) is 0.920. The van der Waals surface area contributed by atoms with Crippen LogP contribution in [-0.4, -0.2) is 36.0 Å². The van der Waals surface area contributed by atoms with Gasteiger partial charge in [0.2, 0.25) is 0 Å². The molecule has 1 aliphatic rings. The van der Waals surface area contributed by atoms with Gasteiger partial charge in [-0.1, -0.05) is 28.1 Å². The molecule has 2 rings (SSSR count). The van der Waals surface area contributed by atoms with Gasteiger partial charge in [-0.2, -0.15) is 11.8 Å². The van der Waals surface area contributed by atoms with Gasteiger partial charge in [-0.3, -0.25) is 4.90 Å². The van der Waals surface area contributed by atoms with Gasteiger partial charge in [0.25, 0.3) is 0 Å². The van der Waals surface area contributed by atoms with E-state index in [0.717, 1.165) is 0 Å².